The highest BCUT2D eigenvalue weighted by atomic mass is 32.2. The molecule has 0 bridgehead atoms. The summed E-state index contributed by atoms with van der Waals surface area (Å²) in [5.41, 5.74) is 0.843. The van der Waals surface area contributed by atoms with Gasteiger partial charge in [-0.25, -0.2) is 18.4 Å². The largest absolute Gasteiger partial charge is 0.394 e. The molecule has 0 amide bonds. The molecule has 0 aliphatic carbocycles. The van der Waals surface area contributed by atoms with Crippen molar-refractivity contribution < 1.29 is 23.4 Å². The lowest BCUT2D eigenvalue weighted by Gasteiger charge is -2.23. The van der Waals surface area contributed by atoms with Crippen LogP contribution in [0.2, 0.25) is 0 Å². The highest BCUT2D eigenvalue weighted by molar-refractivity contribution is 7.91. The number of aliphatic hydroxyl groups is 2. The van der Waals surface area contributed by atoms with E-state index in [0.717, 1.165) is 11.8 Å². The number of aryl methyl sites for hydroxylation is 1. The first-order valence-corrected chi connectivity index (χ1v) is 8.09. The summed E-state index contributed by atoms with van der Waals surface area (Å²) in [6.07, 6.45) is 2.26. The molecule has 0 aliphatic rings. The number of hydrogen-bond donors (Lipinski definition) is 2. The number of hydrogen-bond acceptors (Lipinski definition) is 7. The van der Waals surface area contributed by atoms with Gasteiger partial charge < -0.3 is 14.9 Å². The third-order valence-corrected chi connectivity index (χ3v) is 4.43. The molecule has 1 aromatic heterocycles. The van der Waals surface area contributed by atoms with E-state index >= 15 is 0 Å². The van der Waals surface area contributed by atoms with Crippen LogP contribution in [0.5, 0.6) is 0 Å². The summed E-state index contributed by atoms with van der Waals surface area (Å²) in [5.74, 6) is 0.235. The van der Waals surface area contributed by atoms with Gasteiger partial charge in [-0.15, -0.1) is 0 Å². The van der Waals surface area contributed by atoms with Gasteiger partial charge >= 0.3 is 0 Å². The third-order valence-electron chi connectivity index (χ3n) is 2.84. The molecular formula is C12H20N2O5S. The normalized spacial score (nSPS) is 16.6. The molecule has 114 valence electrons. The average molecular weight is 304 g/mol. The van der Waals surface area contributed by atoms with Crippen molar-refractivity contribution in [1.82, 2.24) is 9.97 Å². The molecule has 0 saturated heterocycles. The quantitative estimate of drug-likeness (QED) is 0.707. The molecule has 0 aliphatic heterocycles. The molecule has 0 fully saturated rings. The first kappa shape index (κ1) is 17.0. The second-order valence-electron chi connectivity index (χ2n) is 4.74. The summed E-state index contributed by atoms with van der Waals surface area (Å²) >= 11 is 0. The lowest BCUT2D eigenvalue weighted by atomic mass is 10.2. The zero-order valence-electron chi connectivity index (χ0n) is 11.7. The molecule has 0 spiro atoms. The molecule has 8 heteroatoms. The summed E-state index contributed by atoms with van der Waals surface area (Å²) in [4.78, 5) is 8.14. The Hall–Kier alpha value is -1.09. The number of nitrogens with zero attached hydrogens (tertiary/aromatic N) is 2. The third kappa shape index (κ3) is 4.78. The second kappa shape index (κ2) is 7.07. The number of aromatic nitrogens is 2. The Balaban J connectivity index is 2.98. The molecule has 0 unspecified atom stereocenters. The van der Waals surface area contributed by atoms with Gasteiger partial charge in [-0.3, -0.25) is 0 Å². The SMILES string of the molecule is Cc1cnc([C@@H](OC[C@H](O)CO)[C@H](C)S(C)(=O)=O)nc1. The molecule has 1 rings (SSSR count). The summed E-state index contributed by atoms with van der Waals surface area (Å²) < 4.78 is 28.8. The van der Waals surface area contributed by atoms with Crippen molar-refractivity contribution in [2.75, 3.05) is 19.5 Å². The van der Waals surface area contributed by atoms with Crippen molar-refractivity contribution in [3.63, 3.8) is 0 Å². The van der Waals surface area contributed by atoms with Gasteiger partial charge in [-0.2, -0.15) is 0 Å². The van der Waals surface area contributed by atoms with E-state index < -0.39 is 33.9 Å². The number of aliphatic hydroxyl groups excluding tert-OH is 2. The van der Waals surface area contributed by atoms with Crippen LogP contribution < -0.4 is 0 Å². The van der Waals surface area contributed by atoms with Crippen molar-refractivity contribution in [3.8, 4) is 0 Å². The first-order chi connectivity index (χ1) is 9.25. The fourth-order valence-corrected chi connectivity index (χ4v) is 2.11. The predicted octanol–water partition coefficient (Wildman–Crippen LogP) is -0.371. The average Bonchev–Trinajstić information content (AvgIpc) is 2.39. The minimum absolute atomic E-state index is 0.196. The molecule has 2 N–H and O–H groups in total. The van der Waals surface area contributed by atoms with Crippen LogP contribution in [0.25, 0.3) is 0 Å². The van der Waals surface area contributed by atoms with Crippen LogP contribution in [0.4, 0.5) is 0 Å². The van der Waals surface area contributed by atoms with Crippen LogP contribution in [-0.4, -0.2) is 59.4 Å². The second-order valence-corrected chi connectivity index (χ2v) is 7.15. The van der Waals surface area contributed by atoms with Gasteiger partial charge in [0, 0.05) is 18.6 Å². The predicted molar refractivity (Wildman–Crippen MR) is 72.9 cm³/mol. The Morgan fingerprint density at radius 3 is 2.35 bits per heavy atom. The number of sulfone groups is 1. The van der Waals surface area contributed by atoms with Gasteiger partial charge in [0.2, 0.25) is 0 Å². The highest BCUT2D eigenvalue weighted by Crippen LogP contribution is 2.23. The van der Waals surface area contributed by atoms with Gasteiger partial charge in [0.25, 0.3) is 0 Å². The minimum Gasteiger partial charge on any atom is -0.394 e. The van der Waals surface area contributed by atoms with E-state index in [0.29, 0.717) is 0 Å². The molecule has 0 radical (unpaired) electrons. The van der Waals surface area contributed by atoms with E-state index in [4.69, 9.17) is 9.84 Å². The van der Waals surface area contributed by atoms with Gasteiger partial charge in [-0.05, 0) is 19.4 Å². The van der Waals surface area contributed by atoms with Crippen molar-refractivity contribution in [1.29, 1.82) is 0 Å². The molecule has 1 heterocycles. The van der Waals surface area contributed by atoms with E-state index in [-0.39, 0.29) is 12.4 Å². The molecule has 0 saturated carbocycles. The summed E-state index contributed by atoms with van der Waals surface area (Å²) in [6.45, 7) is 2.65. The van der Waals surface area contributed by atoms with Crippen molar-refractivity contribution in [2.45, 2.75) is 31.3 Å². The van der Waals surface area contributed by atoms with Crippen molar-refractivity contribution >= 4 is 9.84 Å². The maximum Gasteiger partial charge on any atom is 0.158 e. The number of rotatable bonds is 7. The topological polar surface area (TPSA) is 110 Å². The smallest absolute Gasteiger partial charge is 0.158 e. The molecule has 1 aromatic rings. The lowest BCUT2D eigenvalue weighted by Crippen LogP contribution is -2.31. The molecule has 3 atom stereocenters. The van der Waals surface area contributed by atoms with E-state index in [1.54, 1.807) is 12.4 Å². The monoisotopic (exact) mass is 304 g/mol. The van der Waals surface area contributed by atoms with Crippen LogP contribution >= 0.6 is 0 Å². The molecule has 0 aromatic carbocycles. The van der Waals surface area contributed by atoms with Gasteiger partial charge in [0.05, 0.1) is 18.5 Å². The van der Waals surface area contributed by atoms with Crippen LogP contribution in [0.1, 0.15) is 24.4 Å². The van der Waals surface area contributed by atoms with E-state index in [1.807, 2.05) is 6.92 Å². The Morgan fingerprint density at radius 1 is 1.35 bits per heavy atom. The molecule has 7 nitrogen and oxygen atoms in total. The standard InChI is InChI=1S/C12H20N2O5S/c1-8-4-13-12(14-5-8)11(9(2)20(3,17)18)19-7-10(16)6-15/h4-5,9-11,15-16H,6-7H2,1-3H3/t9-,10+,11-/m0/s1. The Morgan fingerprint density at radius 2 is 1.90 bits per heavy atom. The maximum atomic E-state index is 11.7. The Bertz CT molecular complexity index is 517. The summed E-state index contributed by atoms with van der Waals surface area (Å²) in [7, 11) is -3.36. The van der Waals surface area contributed by atoms with Crippen molar-refractivity contribution in [3.05, 3.63) is 23.8 Å². The highest BCUT2D eigenvalue weighted by Gasteiger charge is 2.30. The fraction of sp³-hybridized carbons (Fsp3) is 0.667. The molecule has 20 heavy (non-hydrogen) atoms. The van der Waals surface area contributed by atoms with E-state index in [9.17, 15) is 13.5 Å². The van der Waals surface area contributed by atoms with Crippen LogP contribution in [0.3, 0.4) is 0 Å². The Kier molecular flexibility index (Phi) is 6.00. The van der Waals surface area contributed by atoms with E-state index in [2.05, 4.69) is 9.97 Å². The summed E-state index contributed by atoms with van der Waals surface area (Å²) in [6, 6.07) is 0. The van der Waals surface area contributed by atoms with Crippen LogP contribution in [-0.2, 0) is 14.6 Å². The maximum absolute atomic E-state index is 11.7. The first-order valence-electron chi connectivity index (χ1n) is 6.13. The van der Waals surface area contributed by atoms with Crippen LogP contribution in [0, 0.1) is 6.92 Å². The van der Waals surface area contributed by atoms with E-state index in [1.165, 1.54) is 6.92 Å². The fourth-order valence-electron chi connectivity index (χ4n) is 1.46. The van der Waals surface area contributed by atoms with Crippen molar-refractivity contribution in [2.24, 2.45) is 0 Å². The lowest BCUT2D eigenvalue weighted by molar-refractivity contribution is -0.0324. The zero-order valence-corrected chi connectivity index (χ0v) is 12.5. The van der Waals surface area contributed by atoms with Gasteiger partial charge in [0.15, 0.2) is 15.7 Å². The zero-order chi connectivity index (χ0) is 15.3. The van der Waals surface area contributed by atoms with Crippen LogP contribution in [0.15, 0.2) is 12.4 Å². The Labute approximate surface area is 118 Å². The molecular weight excluding hydrogens is 284 g/mol. The van der Waals surface area contributed by atoms with Gasteiger partial charge in [0.1, 0.15) is 12.2 Å². The number of ether oxygens (including phenoxy) is 1. The van der Waals surface area contributed by atoms with Gasteiger partial charge in [-0.1, -0.05) is 0 Å². The summed E-state index contributed by atoms with van der Waals surface area (Å²) in [5, 5.41) is 17.2. The minimum atomic E-state index is -3.36.